The zero-order valence-corrected chi connectivity index (χ0v) is 16.8. The Labute approximate surface area is 164 Å². The quantitative estimate of drug-likeness (QED) is 0.570. The van der Waals surface area contributed by atoms with Crippen molar-refractivity contribution in [2.75, 3.05) is 6.61 Å². The first-order valence-corrected chi connectivity index (χ1v) is 9.36. The van der Waals surface area contributed by atoms with Crippen molar-refractivity contribution in [2.45, 2.75) is 52.7 Å². The third-order valence-electron chi connectivity index (χ3n) is 5.65. The van der Waals surface area contributed by atoms with Crippen molar-refractivity contribution < 1.29 is 28.7 Å². The Morgan fingerprint density at radius 2 is 1.64 bits per heavy atom. The zero-order chi connectivity index (χ0) is 20.9. The van der Waals surface area contributed by atoms with Gasteiger partial charge in [-0.15, -0.1) is 0 Å². The lowest BCUT2D eigenvalue weighted by molar-refractivity contribution is -0.180. The van der Waals surface area contributed by atoms with Gasteiger partial charge in [0.05, 0.1) is 11.1 Å². The monoisotopic (exact) mass is 387 g/mol. The number of carbonyl (C=O) groups excluding carboxylic acids is 4. The molecular formula is C21H25NO6. The summed E-state index contributed by atoms with van der Waals surface area (Å²) in [5.74, 6) is -2.45. The van der Waals surface area contributed by atoms with Gasteiger partial charge < -0.3 is 9.47 Å². The van der Waals surface area contributed by atoms with Gasteiger partial charge in [-0.25, -0.2) is 9.59 Å². The number of ether oxygens (including phenoxy) is 2. The van der Waals surface area contributed by atoms with Crippen molar-refractivity contribution in [3.05, 3.63) is 35.4 Å². The highest BCUT2D eigenvalue weighted by atomic mass is 16.6. The van der Waals surface area contributed by atoms with Crippen molar-refractivity contribution in [3.8, 4) is 0 Å². The number of cyclic esters (lactones) is 1. The van der Waals surface area contributed by atoms with E-state index in [1.54, 1.807) is 38.1 Å². The first-order valence-electron chi connectivity index (χ1n) is 9.36. The van der Waals surface area contributed by atoms with Crippen LogP contribution in [0, 0.1) is 11.3 Å². The number of carbonyl (C=O) groups is 4. The highest BCUT2D eigenvalue weighted by molar-refractivity contribution is 6.22. The van der Waals surface area contributed by atoms with Crippen molar-refractivity contribution in [3.63, 3.8) is 0 Å². The lowest BCUT2D eigenvalue weighted by Crippen LogP contribution is -2.53. The fraction of sp³-hybridized carbons (Fsp3) is 0.524. The minimum absolute atomic E-state index is 0.0122. The number of benzene rings is 1. The maximum absolute atomic E-state index is 13.1. The first-order chi connectivity index (χ1) is 13.0. The lowest BCUT2D eigenvalue weighted by Gasteiger charge is -2.35. The van der Waals surface area contributed by atoms with Crippen LogP contribution in [0.25, 0.3) is 0 Å². The molecule has 0 saturated carbocycles. The maximum Gasteiger partial charge on any atom is 0.351 e. The number of hydrogen-bond donors (Lipinski definition) is 0. The molecule has 2 aliphatic heterocycles. The Kier molecular flexibility index (Phi) is 4.81. The molecular weight excluding hydrogens is 362 g/mol. The van der Waals surface area contributed by atoms with Crippen molar-refractivity contribution in [1.29, 1.82) is 0 Å². The Morgan fingerprint density at radius 1 is 1.11 bits per heavy atom. The van der Waals surface area contributed by atoms with E-state index in [9.17, 15) is 19.2 Å². The molecule has 2 aliphatic rings. The highest BCUT2D eigenvalue weighted by Gasteiger charge is 2.59. The molecule has 0 spiro atoms. The van der Waals surface area contributed by atoms with Crippen LogP contribution in [-0.2, 0) is 19.1 Å². The molecule has 2 atom stereocenters. The summed E-state index contributed by atoms with van der Waals surface area (Å²) in [4.78, 5) is 52.1. The van der Waals surface area contributed by atoms with E-state index in [-0.39, 0.29) is 30.1 Å². The summed E-state index contributed by atoms with van der Waals surface area (Å²) < 4.78 is 10.7. The molecule has 1 saturated heterocycles. The molecule has 7 nitrogen and oxygen atoms in total. The Morgan fingerprint density at radius 3 is 2.07 bits per heavy atom. The van der Waals surface area contributed by atoms with Gasteiger partial charge in [0.15, 0.2) is 0 Å². The molecule has 1 fully saturated rings. The number of nitrogens with zero attached hydrogens (tertiary/aromatic N) is 1. The number of esters is 2. The van der Waals surface area contributed by atoms with Crippen LogP contribution in [0.2, 0.25) is 0 Å². The molecule has 2 heterocycles. The van der Waals surface area contributed by atoms with Gasteiger partial charge in [0.1, 0.15) is 12.6 Å². The summed E-state index contributed by atoms with van der Waals surface area (Å²) in [6.07, 6.45) is 0.232. The van der Waals surface area contributed by atoms with Gasteiger partial charge in [-0.1, -0.05) is 39.8 Å². The van der Waals surface area contributed by atoms with Crippen molar-refractivity contribution in [1.82, 2.24) is 4.90 Å². The van der Waals surface area contributed by atoms with E-state index in [1.807, 2.05) is 13.8 Å². The largest absolute Gasteiger partial charge is 0.462 e. The van der Waals surface area contributed by atoms with E-state index in [1.165, 1.54) is 6.92 Å². The predicted molar refractivity (Wildman–Crippen MR) is 99.4 cm³/mol. The molecule has 3 rings (SSSR count). The van der Waals surface area contributed by atoms with Crippen LogP contribution in [-0.4, -0.2) is 46.9 Å². The van der Waals surface area contributed by atoms with Gasteiger partial charge in [0.25, 0.3) is 11.8 Å². The average Bonchev–Trinajstić information content (AvgIpc) is 2.99. The van der Waals surface area contributed by atoms with E-state index in [0.29, 0.717) is 0 Å². The van der Waals surface area contributed by atoms with Crippen molar-refractivity contribution in [2.24, 2.45) is 11.3 Å². The van der Waals surface area contributed by atoms with Crippen molar-refractivity contribution >= 4 is 23.8 Å². The summed E-state index contributed by atoms with van der Waals surface area (Å²) in [5.41, 5.74) is -1.69. The zero-order valence-electron chi connectivity index (χ0n) is 16.8. The Balaban J connectivity index is 1.94. The van der Waals surface area contributed by atoms with Crippen LogP contribution in [0.15, 0.2) is 24.3 Å². The number of rotatable bonds is 5. The molecule has 7 heteroatoms. The number of hydrogen-bond acceptors (Lipinski definition) is 6. The van der Waals surface area contributed by atoms with E-state index < -0.39 is 40.8 Å². The van der Waals surface area contributed by atoms with Crippen LogP contribution < -0.4 is 0 Å². The summed E-state index contributed by atoms with van der Waals surface area (Å²) in [6.45, 7) is 8.93. The molecule has 0 unspecified atom stereocenters. The molecule has 0 aromatic heterocycles. The molecule has 0 radical (unpaired) electrons. The summed E-state index contributed by atoms with van der Waals surface area (Å²) in [6, 6.07) is 5.34. The smallest absolute Gasteiger partial charge is 0.351 e. The second-order valence-electron chi connectivity index (χ2n) is 8.59. The standard InChI is InChI=1S/C21H25NO6/c1-12(2)10-15(18(25)28-21(5)19(26)27-11-20(21,3)4)22-16(23)13-8-6-7-9-14(13)17(22)24/h6-9,12,15H,10-11H2,1-5H3/t15-,21+/m0/s1. The topological polar surface area (TPSA) is 90.0 Å². The average molecular weight is 387 g/mol. The third-order valence-corrected chi connectivity index (χ3v) is 5.65. The van der Waals surface area contributed by atoms with Crippen LogP contribution in [0.3, 0.4) is 0 Å². The molecule has 150 valence electrons. The van der Waals surface area contributed by atoms with Gasteiger partial charge in [-0.05, 0) is 31.4 Å². The minimum atomic E-state index is -1.49. The second kappa shape index (κ2) is 6.72. The molecule has 1 aromatic rings. The summed E-state index contributed by atoms with van der Waals surface area (Å²) >= 11 is 0. The van der Waals surface area contributed by atoms with Gasteiger partial charge in [0, 0.05) is 5.41 Å². The van der Waals surface area contributed by atoms with Gasteiger partial charge in [0.2, 0.25) is 5.60 Å². The molecule has 28 heavy (non-hydrogen) atoms. The van der Waals surface area contributed by atoms with Crippen LogP contribution in [0.4, 0.5) is 0 Å². The fourth-order valence-electron chi connectivity index (χ4n) is 3.49. The van der Waals surface area contributed by atoms with E-state index in [2.05, 4.69) is 0 Å². The predicted octanol–water partition coefficient (Wildman–Crippen LogP) is 2.58. The third kappa shape index (κ3) is 2.99. The summed E-state index contributed by atoms with van der Waals surface area (Å²) in [5, 5.41) is 0. The first kappa shape index (κ1) is 20.0. The second-order valence-corrected chi connectivity index (χ2v) is 8.59. The SMILES string of the molecule is CC(C)C[C@@H](C(=O)O[C@]1(C)C(=O)OCC1(C)C)N1C(=O)c2ccccc2C1=O. The van der Waals surface area contributed by atoms with Gasteiger partial charge in [-0.2, -0.15) is 0 Å². The molecule has 0 bridgehead atoms. The van der Waals surface area contributed by atoms with E-state index in [0.717, 1.165) is 4.90 Å². The van der Waals surface area contributed by atoms with E-state index >= 15 is 0 Å². The van der Waals surface area contributed by atoms with Gasteiger partial charge >= 0.3 is 11.9 Å². The number of amides is 2. The molecule has 0 aliphatic carbocycles. The fourth-order valence-corrected chi connectivity index (χ4v) is 3.49. The number of imide groups is 1. The highest BCUT2D eigenvalue weighted by Crippen LogP contribution is 2.41. The Bertz CT molecular complexity index is 823. The van der Waals surface area contributed by atoms with Crippen LogP contribution >= 0.6 is 0 Å². The Hall–Kier alpha value is -2.70. The molecule has 1 aromatic carbocycles. The maximum atomic E-state index is 13.1. The minimum Gasteiger partial charge on any atom is -0.462 e. The van der Waals surface area contributed by atoms with Gasteiger partial charge in [-0.3, -0.25) is 14.5 Å². The summed E-state index contributed by atoms with van der Waals surface area (Å²) in [7, 11) is 0. The van der Waals surface area contributed by atoms with E-state index in [4.69, 9.17) is 9.47 Å². The number of fused-ring (bicyclic) bond motifs is 1. The lowest BCUT2D eigenvalue weighted by atomic mass is 9.78. The molecule has 2 amide bonds. The molecule has 0 N–H and O–H groups in total. The normalized spacial score (nSPS) is 24.4. The van der Waals surface area contributed by atoms with Crippen LogP contribution in [0.1, 0.15) is 61.8 Å². The van der Waals surface area contributed by atoms with Crippen LogP contribution in [0.5, 0.6) is 0 Å².